The third kappa shape index (κ3) is 6.27. The maximum atomic E-state index is 11.1. The summed E-state index contributed by atoms with van der Waals surface area (Å²) in [5.41, 5.74) is 2.58. The van der Waals surface area contributed by atoms with Crippen molar-refractivity contribution < 1.29 is 14.3 Å². The van der Waals surface area contributed by atoms with E-state index in [4.69, 9.17) is 21.1 Å². The van der Waals surface area contributed by atoms with Crippen LogP contribution in [0.25, 0.3) is 0 Å². The minimum atomic E-state index is -0.388. The number of hydrogen-bond donors (Lipinski definition) is 1. The number of nitrogens with one attached hydrogen (secondary N) is 1. The summed E-state index contributed by atoms with van der Waals surface area (Å²) >= 11 is 5.87. The normalized spacial score (nSPS) is 14.4. The molecule has 0 aliphatic carbocycles. The average molecular weight is 407 g/mol. The number of benzene rings is 2. The van der Waals surface area contributed by atoms with Gasteiger partial charge < -0.3 is 14.8 Å². The van der Waals surface area contributed by atoms with Gasteiger partial charge >= 0.3 is 6.09 Å². The second-order valence-corrected chi connectivity index (χ2v) is 6.52. The summed E-state index contributed by atoms with van der Waals surface area (Å²) in [6.45, 7) is 0.341. The van der Waals surface area contributed by atoms with Crippen molar-refractivity contribution >= 4 is 17.7 Å². The Kier molecular flexibility index (Phi) is 7.10. The van der Waals surface area contributed by atoms with E-state index in [2.05, 4.69) is 22.1 Å². The monoisotopic (exact) mass is 406 g/mol. The summed E-state index contributed by atoms with van der Waals surface area (Å²) in [5.74, 6) is 6.98. The maximum Gasteiger partial charge on any atom is 0.407 e. The lowest BCUT2D eigenvalue weighted by Gasteiger charge is -2.07. The predicted octanol–water partition coefficient (Wildman–Crippen LogP) is 4.61. The largest absolute Gasteiger partial charge is 0.497 e. The first-order valence-corrected chi connectivity index (χ1v) is 9.26. The van der Waals surface area contributed by atoms with Gasteiger partial charge in [-0.15, -0.1) is 0 Å². The molecular formula is C23H19ClN2O3. The van der Waals surface area contributed by atoms with Crippen molar-refractivity contribution in [1.29, 1.82) is 0 Å². The van der Waals surface area contributed by atoms with Crippen molar-refractivity contribution in [1.82, 2.24) is 10.3 Å². The molecule has 0 radical (unpaired) electrons. The van der Waals surface area contributed by atoms with Crippen molar-refractivity contribution in [3.8, 4) is 17.6 Å². The molecule has 1 aromatic heterocycles. The molecule has 5 nitrogen and oxygen atoms in total. The molecule has 0 unspecified atom stereocenters. The third-order valence-corrected chi connectivity index (χ3v) is 4.20. The van der Waals surface area contributed by atoms with Gasteiger partial charge in [-0.05, 0) is 35.9 Å². The Hall–Kier alpha value is -3.49. The van der Waals surface area contributed by atoms with Gasteiger partial charge in [-0.2, -0.15) is 0 Å². The number of rotatable bonds is 2. The molecule has 2 heterocycles. The van der Waals surface area contributed by atoms with Crippen molar-refractivity contribution in [3.05, 3.63) is 94.8 Å². The molecule has 1 saturated heterocycles. The van der Waals surface area contributed by atoms with Crippen LogP contribution in [0.4, 0.5) is 4.79 Å². The summed E-state index contributed by atoms with van der Waals surface area (Å²) in [6.07, 6.45) is 2.84. The summed E-state index contributed by atoms with van der Waals surface area (Å²) in [7, 11) is 1.66. The van der Waals surface area contributed by atoms with Crippen LogP contribution in [-0.2, 0) is 4.74 Å². The topological polar surface area (TPSA) is 60.5 Å². The van der Waals surface area contributed by atoms with Gasteiger partial charge in [0.2, 0.25) is 0 Å². The molecule has 0 bridgehead atoms. The van der Waals surface area contributed by atoms with E-state index >= 15 is 0 Å². The molecule has 1 amide bonds. The second-order valence-electron chi connectivity index (χ2n) is 6.08. The van der Waals surface area contributed by atoms with Crippen LogP contribution in [0.3, 0.4) is 0 Å². The van der Waals surface area contributed by atoms with Gasteiger partial charge in [-0.1, -0.05) is 53.8 Å². The first-order valence-electron chi connectivity index (χ1n) is 8.89. The van der Waals surface area contributed by atoms with Crippen LogP contribution in [0, 0.1) is 11.8 Å². The van der Waals surface area contributed by atoms with Crippen molar-refractivity contribution in [2.75, 3.05) is 13.7 Å². The summed E-state index contributed by atoms with van der Waals surface area (Å²) in [6, 6.07) is 19.0. The number of methoxy groups -OCH3 is 1. The molecule has 1 aliphatic heterocycles. The number of carbonyl (C=O) groups is 1. The number of ether oxygens (including phenoxy) is 2. The highest BCUT2D eigenvalue weighted by molar-refractivity contribution is 6.30. The average Bonchev–Trinajstić information content (AvgIpc) is 3.20. The van der Waals surface area contributed by atoms with E-state index in [1.54, 1.807) is 25.6 Å². The number of halogens is 1. The van der Waals surface area contributed by atoms with Crippen LogP contribution < -0.4 is 10.1 Å². The number of pyridine rings is 1. The number of alkyl carbamates (subject to hydrolysis) is 1. The Morgan fingerprint density at radius 2 is 1.86 bits per heavy atom. The van der Waals surface area contributed by atoms with Gasteiger partial charge in [0.25, 0.3) is 0 Å². The predicted molar refractivity (Wildman–Crippen MR) is 112 cm³/mol. The van der Waals surface area contributed by atoms with E-state index in [1.807, 2.05) is 54.6 Å². The lowest BCUT2D eigenvalue weighted by atomic mass is 10.0. The van der Waals surface area contributed by atoms with Gasteiger partial charge in [-0.3, -0.25) is 4.98 Å². The van der Waals surface area contributed by atoms with Crippen molar-refractivity contribution in [2.45, 2.75) is 6.04 Å². The van der Waals surface area contributed by atoms with Gasteiger partial charge in [0.1, 0.15) is 12.4 Å². The van der Waals surface area contributed by atoms with Crippen LogP contribution in [-0.4, -0.2) is 24.8 Å². The Balaban J connectivity index is 0.000000252. The zero-order chi connectivity index (χ0) is 20.5. The first kappa shape index (κ1) is 20.2. The molecule has 6 heteroatoms. The zero-order valence-corrected chi connectivity index (χ0v) is 16.5. The molecule has 2 aromatic carbocycles. The second kappa shape index (κ2) is 10.2. The summed E-state index contributed by atoms with van der Waals surface area (Å²) in [4.78, 5) is 15.1. The Bertz CT molecular complexity index is 1030. The van der Waals surface area contributed by atoms with Gasteiger partial charge in [0.05, 0.1) is 18.2 Å². The fourth-order valence-corrected chi connectivity index (χ4v) is 2.75. The van der Waals surface area contributed by atoms with Crippen molar-refractivity contribution in [3.63, 3.8) is 0 Å². The highest BCUT2D eigenvalue weighted by Gasteiger charge is 2.23. The highest BCUT2D eigenvalue weighted by atomic mass is 35.5. The van der Waals surface area contributed by atoms with Gasteiger partial charge in [0, 0.05) is 23.5 Å². The van der Waals surface area contributed by atoms with Crippen LogP contribution in [0.5, 0.6) is 5.75 Å². The van der Waals surface area contributed by atoms with Crippen LogP contribution in [0.2, 0.25) is 5.02 Å². The molecule has 29 heavy (non-hydrogen) atoms. The number of amides is 1. The Morgan fingerprint density at radius 1 is 1.07 bits per heavy atom. The SMILES string of the molecule is COc1ccccc1.O=C1N[C@H](c2cccc(C#Cc3cncc(Cl)c3)c2)CO1. The quantitative estimate of drug-likeness (QED) is 0.631. The minimum absolute atomic E-state index is 0.118. The highest BCUT2D eigenvalue weighted by Crippen LogP contribution is 2.19. The third-order valence-electron chi connectivity index (χ3n) is 4.00. The first-order chi connectivity index (χ1) is 14.1. The van der Waals surface area contributed by atoms with Crippen LogP contribution in [0.1, 0.15) is 22.7 Å². The lowest BCUT2D eigenvalue weighted by Crippen LogP contribution is -2.18. The number of para-hydroxylation sites is 1. The number of nitrogens with zero attached hydrogens (tertiary/aromatic N) is 1. The van der Waals surface area contributed by atoms with Crippen LogP contribution in [0.15, 0.2) is 73.1 Å². The lowest BCUT2D eigenvalue weighted by molar-refractivity contribution is 0.177. The molecular weight excluding hydrogens is 388 g/mol. The number of aromatic nitrogens is 1. The molecule has 1 aliphatic rings. The maximum absolute atomic E-state index is 11.1. The fourth-order valence-electron chi connectivity index (χ4n) is 2.58. The minimum Gasteiger partial charge on any atom is -0.497 e. The molecule has 146 valence electrons. The molecule has 1 fully saturated rings. The molecule has 4 rings (SSSR count). The number of hydrogen-bond acceptors (Lipinski definition) is 4. The molecule has 0 saturated carbocycles. The standard InChI is InChI=1S/C16H11ClN2O2.C7H8O/c17-14-7-12(8-18-9-14)5-4-11-2-1-3-13(6-11)15-10-21-16(20)19-15;1-8-7-5-3-2-4-6-7/h1-3,6-9,15H,10H2,(H,19,20);2-6H,1H3/t15-;/m0./s1. The Morgan fingerprint density at radius 3 is 2.52 bits per heavy atom. The smallest absolute Gasteiger partial charge is 0.407 e. The summed E-state index contributed by atoms with van der Waals surface area (Å²) < 4.78 is 9.81. The van der Waals surface area contributed by atoms with E-state index in [0.717, 1.165) is 22.4 Å². The van der Waals surface area contributed by atoms with Crippen LogP contribution >= 0.6 is 11.6 Å². The zero-order valence-electron chi connectivity index (χ0n) is 15.8. The van der Waals surface area contributed by atoms with E-state index in [-0.39, 0.29) is 12.1 Å². The number of cyclic esters (lactones) is 1. The molecule has 1 atom stereocenters. The van der Waals surface area contributed by atoms with E-state index in [9.17, 15) is 4.79 Å². The van der Waals surface area contributed by atoms with E-state index in [1.165, 1.54) is 0 Å². The summed E-state index contributed by atoms with van der Waals surface area (Å²) in [5, 5.41) is 3.30. The molecule has 3 aromatic rings. The van der Waals surface area contributed by atoms with E-state index in [0.29, 0.717) is 11.6 Å². The molecule has 0 spiro atoms. The van der Waals surface area contributed by atoms with Crippen molar-refractivity contribution in [2.24, 2.45) is 0 Å². The fraction of sp³-hybridized carbons (Fsp3) is 0.130. The van der Waals surface area contributed by atoms with Gasteiger partial charge in [-0.25, -0.2) is 4.79 Å². The Labute approximate surface area is 174 Å². The van der Waals surface area contributed by atoms with E-state index < -0.39 is 0 Å². The molecule has 1 N–H and O–H groups in total. The van der Waals surface area contributed by atoms with Gasteiger partial charge in [0.15, 0.2) is 0 Å². The number of carbonyl (C=O) groups excluding carboxylic acids is 1.